The number of rotatable bonds is 14. The highest BCUT2D eigenvalue weighted by Crippen LogP contribution is 2.11. The van der Waals surface area contributed by atoms with E-state index in [4.69, 9.17) is 4.74 Å². The minimum absolute atomic E-state index is 0.0288. The maximum absolute atomic E-state index is 13.4. The number of nitrogens with one attached hydrogen (secondary N) is 4. The Morgan fingerprint density at radius 2 is 1.42 bits per heavy atom. The molecule has 0 bridgehead atoms. The number of ketones is 1. The molecule has 212 valence electrons. The normalized spacial score (nSPS) is 13.6. The fourth-order valence-corrected chi connectivity index (χ4v) is 3.72. The Hall–Kier alpha value is -3.43. The third kappa shape index (κ3) is 12.2. The molecule has 0 aliphatic heterocycles. The summed E-state index contributed by atoms with van der Waals surface area (Å²) in [6, 6.07) is 6.15. The quantitative estimate of drug-likeness (QED) is 0.271. The number of ether oxygens (including phenoxy) is 1. The maximum Gasteiger partial charge on any atom is 0.408 e. The van der Waals surface area contributed by atoms with Crippen molar-refractivity contribution in [3.05, 3.63) is 35.9 Å². The third-order valence-corrected chi connectivity index (χ3v) is 5.40. The summed E-state index contributed by atoms with van der Waals surface area (Å²) in [5, 5.41) is 10.5. The molecule has 38 heavy (non-hydrogen) atoms. The van der Waals surface area contributed by atoms with Crippen molar-refractivity contribution < 1.29 is 28.7 Å². The van der Waals surface area contributed by atoms with Crippen molar-refractivity contribution in [3.8, 4) is 0 Å². The van der Waals surface area contributed by atoms with E-state index in [-0.39, 0.29) is 31.7 Å². The zero-order valence-electron chi connectivity index (χ0n) is 23.7. The fraction of sp³-hybridized carbons (Fsp3) is 0.607. The van der Waals surface area contributed by atoms with Crippen LogP contribution in [-0.2, 0) is 30.3 Å². The van der Waals surface area contributed by atoms with Crippen LogP contribution in [0.5, 0.6) is 0 Å². The molecule has 0 aliphatic rings. The van der Waals surface area contributed by atoms with E-state index in [1.165, 1.54) is 0 Å². The average molecular weight is 533 g/mol. The molecule has 0 aliphatic carbocycles. The number of likely N-dealkylation sites (N-methyl/N-ethyl adjacent to an activating group) is 1. The zero-order valence-corrected chi connectivity index (χ0v) is 23.7. The smallest absolute Gasteiger partial charge is 0.408 e. The molecule has 10 nitrogen and oxygen atoms in total. The predicted molar refractivity (Wildman–Crippen MR) is 145 cm³/mol. The highest BCUT2D eigenvalue weighted by Gasteiger charge is 2.32. The van der Waals surface area contributed by atoms with Crippen LogP contribution in [0, 0.1) is 5.92 Å². The van der Waals surface area contributed by atoms with Crippen molar-refractivity contribution in [2.24, 2.45) is 5.92 Å². The maximum atomic E-state index is 13.4. The van der Waals surface area contributed by atoms with Crippen molar-refractivity contribution in [2.45, 2.75) is 97.9 Å². The minimum Gasteiger partial charge on any atom is -0.444 e. The van der Waals surface area contributed by atoms with Gasteiger partial charge in [-0.15, -0.1) is 0 Å². The van der Waals surface area contributed by atoms with Gasteiger partial charge in [-0.25, -0.2) is 4.79 Å². The topological polar surface area (TPSA) is 143 Å². The molecule has 0 aromatic heterocycles. The second-order valence-corrected chi connectivity index (χ2v) is 10.7. The van der Waals surface area contributed by atoms with E-state index in [0.29, 0.717) is 6.42 Å². The molecule has 0 saturated heterocycles. The Morgan fingerprint density at radius 3 is 1.95 bits per heavy atom. The van der Waals surface area contributed by atoms with E-state index in [2.05, 4.69) is 21.3 Å². The summed E-state index contributed by atoms with van der Waals surface area (Å²) in [4.78, 5) is 63.8. The number of hydrogen-bond acceptors (Lipinski definition) is 6. The van der Waals surface area contributed by atoms with E-state index < -0.39 is 53.3 Å². The monoisotopic (exact) mass is 532 g/mol. The number of benzene rings is 1. The largest absolute Gasteiger partial charge is 0.444 e. The molecular weight excluding hydrogens is 488 g/mol. The van der Waals surface area contributed by atoms with E-state index in [1.54, 1.807) is 27.7 Å². The first-order valence-electron chi connectivity index (χ1n) is 13.2. The van der Waals surface area contributed by atoms with Crippen LogP contribution in [-0.4, -0.2) is 59.9 Å². The molecule has 4 amide bonds. The van der Waals surface area contributed by atoms with Crippen molar-refractivity contribution >= 4 is 29.6 Å². The average Bonchev–Trinajstić information content (AvgIpc) is 2.81. The first kappa shape index (κ1) is 32.6. The molecule has 1 rings (SSSR count). The molecule has 1 aromatic carbocycles. The number of alkyl carbamates (subject to hydrolysis) is 1. The van der Waals surface area contributed by atoms with Gasteiger partial charge in [-0.3, -0.25) is 19.2 Å². The molecule has 1 aromatic rings. The van der Waals surface area contributed by atoms with Gasteiger partial charge in [0, 0.05) is 13.0 Å². The highest BCUT2D eigenvalue weighted by molar-refractivity contribution is 6.38. The number of Topliss-reactive ketones (excluding diaryl/α,β-unsaturated/α-hetero) is 1. The Kier molecular flexibility index (Phi) is 13.5. The Labute approximate surface area is 226 Å². The minimum atomic E-state index is -1.02. The van der Waals surface area contributed by atoms with Crippen LogP contribution in [0.4, 0.5) is 4.79 Å². The lowest BCUT2D eigenvalue weighted by Gasteiger charge is -2.27. The number of amides is 4. The molecule has 0 fully saturated rings. The predicted octanol–water partition coefficient (Wildman–Crippen LogP) is 2.64. The van der Waals surface area contributed by atoms with Crippen molar-refractivity contribution in [3.63, 3.8) is 0 Å². The van der Waals surface area contributed by atoms with E-state index in [9.17, 15) is 24.0 Å². The summed E-state index contributed by atoms with van der Waals surface area (Å²) in [7, 11) is 0. The highest BCUT2D eigenvalue weighted by atomic mass is 16.6. The Balaban J connectivity index is 3.13. The van der Waals surface area contributed by atoms with Gasteiger partial charge in [0.2, 0.25) is 17.6 Å². The molecule has 0 saturated carbocycles. The van der Waals surface area contributed by atoms with Gasteiger partial charge in [0.25, 0.3) is 5.91 Å². The van der Waals surface area contributed by atoms with Crippen LogP contribution < -0.4 is 21.3 Å². The molecular formula is C28H44N4O6. The summed E-state index contributed by atoms with van der Waals surface area (Å²) < 4.78 is 5.34. The van der Waals surface area contributed by atoms with Crippen molar-refractivity contribution in [1.29, 1.82) is 0 Å². The molecule has 0 heterocycles. The first-order chi connectivity index (χ1) is 17.8. The zero-order chi connectivity index (χ0) is 28.9. The molecule has 10 heteroatoms. The molecule has 0 spiro atoms. The van der Waals surface area contributed by atoms with Crippen molar-refractivity contribution in [2.75, 3.05) is 6.54 Å². The van der Waals surface area contributed by atoms with Gasteiger partial charge in [-0.1, -0.05) is 57.5 Å². The van der Waals surface area contributed by atoms with Gasteiger partial charge < -0.3 is 26.0 Å². The van der Waals surface area contributed by atoms with Gasteiger partial charge in [0.05, 0.1) is 6.04 Å². The van der Waals surface area contributed by atoms with Crippen LogP contribution in [0.1, 0.15) is 73.3 Å². The van der Waals surface area contributed by atoms with Crippen molar-refractivity contribution in [1.82, 2.24) is 21.3 Å². The fourth-order valence-electron chi connectivity index (χ4n) is 3.72. The van der Waals surface area contributed by atoms with E-state index in [0.717, 1.165) is 5.56 Å². The molecule has 3 atom stereocenters. The van der Waals surface area contributed by atoms with Crippen LogP contribution in [0.2, 0.25) is 0 Å². The molecule has 0 radical (unpaired) electrons. The summed E-state index contributed by atoms with van der Waals surface area (Å²) >= 11 is 0. The third-order valence-electron chi connectivity index (χ3n) is 5.40. The number of carbonyl (C=O) groups is 5. The van der Waals surface area contributed by atoms with Gasteiger partial charge in [-0.2, -0.15) is 0 Å². The second kappa shape index (κ2) is 15.7. The van der Waals surface area contributed by atoms with Crippen LogP contribution >= 0.6 is 0 Å². The lowest BCUT2D eigenvalue weighted by Crippen LogP contribution is -2.57. The van der Waals surface area contributed by atoms with E-state index in [1.807, 2.05) is 51.1 Å². The number of carbonyl (C=O) groups excluding carboxylic acids is 5. The summed E-state index contributed by atoms with van der Waals surface area (Å²) in [5.74, 6) is -2.60. The Morgan fingerprint density at radius 1 is 0.842 bits per heavy atom. The summed E-state index contributed by atoms with van der Waals surface area (Å²) in [6.45, 7) is 12.8. The van der Waals surface area contributed by atoms with E-state index >= 15 is 0 Å². The van der Waals surface area contributed by atoms with Gasteiger partial charge >= 0.3 is 6.09 Å². The lowest BCUT2D eigenvalue weighted by atomic mass is 10.00. The Bertz CT molecular complexity index is 942. The SMILES string of the molecule is CCC[C@H](NC(=O)[C@H](CC(C)C)NC(=O)[C@@H](Cc1ccccc1)NC(=O)OC(C)(C)C)C(=O)C(=O)NCC. The van der Waals surface area contributed by atoms with Crippen LogP contribution in [0.25, 0.3) is 0 Å². The van der Waals surface area contributed by atoms with Gasteiger partial charge in [0.1, 0.15) is 17.7 Å². The van der Waals surface area contributed by atoms with Crippen LogP contribution in [0.15, 0.2) is 30.3 Å². The van der Waals surface area contributed by atoms with Gasteiger partial charge in [-0.05, 0) is 52.0 Å². The van der Waals surface area contributed by atoms with Gasteiger partial charge in [0.15, 0.2) is 0 Å². The second-order valence-electron chi connectivity index (χ2n) is 10.7. The summed E-state index contributed by atoms with van der Waals surface area (Å²) in [6.07, 6.45) is 0.553. The first-order valence-corrected chi connectivity index (χ1v) is 13.2. The van der Waals surface area contributed by atoms with Crippen LogP contribution in [0.3, 0.4) is 0 Å². The summed E-state index contributed by atoms with van der Waals surface area (Å²) in [5.41, 5.74) is 0.0483. The molecule has 0 unspecified atom stereocenters. The standard InChI is InChI=1S/C28H44N4O6/c1-8-13-20(23(33)26(36)29-9-2)30-24(34)21(16-18(3)4)31-25(35)22(17-19-14-11-10-12-15-19)32-27(37)38-28(5,6)7/h10-12,14-15,18,20-22H,8-9,13,16-17H2,1-7H3,(H,29,36)(H,30,34)(H,31,35)(H,32,37)/t20-,21-,22+/m0/s1. The number of hydrogen-bond donors (Lipinski definition) is 4. The lowest BCUT2D eigenvalue weighted by molar-refractivity contribution is -0.140. The molecule has 4 N–H and O–H groups in total.